The zero-order valence-corrected chi connectivity index (χ0v) is 15.2. The maximum Gasteiger partial charge on any atom is 0.278 e. The molecule has 3 N–H and O–H groups in total. The van der Waals surface area contributed by atoms with E-state index in [0.717, 1.165) is 0 Å². The van der Waals surface area contributed by atoms with Crippen LogP contribution < -0.4 is 10.9 Å². The number of aromatic nitrogens is 4. The van der Waals surface area contributed by atoms with Crippen molar-refractivity contribution in [3.05, 3.63) is 20.9 Å². The van der Waals surface area contributed by atoms with Crippen molar-refractivity contribution in [1.29, 1.82) is 0 Å². The first-order valence-corrected chi connectivity index (χ1v) is 8.54. The number of anilines is 1. The molecule has 0 bridgehead atoms. The molecule has 0 aromatic carbocycles. The van der Waals surface area contributed by atoms with E-state index in [2.05, 4.69) is 25.3 Å². The third-order valence-electron chi connectivity index (χ3n) is 4.11. The number of hydrogen-bond donors (Lipinski definition) is 3. The molecule has 4 atom stereocenters. The van der Waals surface area contributed by atoms with Crippen molar-refractivity contribution in [2.45, 2.75) is 44.2 Å². The number of nitrogens with zero attached hydrogens (tertiary/aromatic N) is 3. The minimum absolute atomic E-state index is 0.0194. The molecule has 26 heavy (non-hydrogen) atoms. The molecule has 2 aromatic heterocycles. The van der Waals surface area contributed by atoms with Crippen LogP contribution in [0.2, 0.25) is 10.6 Å². The molecular formula is C14H15Cl2N5O5. The van der Waals surface area contributed by atoms with Crippen molar-refractivity contribution >= 4 is 40.1 Å². The molecule has 0 saturated carbocycles. The fraction of sp³-hybridized carbons (Fsp3) is 0.571. The lowest BCUT2D eigenvalue weighted by Crippen LogP contribution is -2.35. The maximum absolute atomic E-state index is 12.0. The monoisotopic (exact) mass is 403 g/mol. The van der Waals surface area contributed by atoms with Gasteiger partial charge in [-0.3, -0.25) is 9.78 Å². The van der Waals surface area contributed by atoms with Crippen LogP contribution in [0.3, 0.4) is 0 Å². The summed E-state index contributed by atoms with van der Waals surface area (Å²) in [5, 5.41) is 12.3. The number of ether oxygens (including phenoxy) is 3. The number of H-pyrrole nitrogens is 1. The molecule has 2 saturated heterocycles. The van der Waals surface area contributed by atoms with Gasteiger partial charge in [0.15, 0.2) is 23.3 Å². The highest BCUT2D eigenvalue weighted by Gasteiger charge is 2.55. The Bertz CT molecular complexity index is 922. The van der Waals surface area contributed by atoms with Gasteiger partial charge in [-0.25, -0.2) is 9.97 Å². The second-order valence-corrected chi connectivity index (χ2v) is 7.08. The molecule has 2 aliphatic rings. The molecule has 140 valence electrons. The third-order valence-corrected chi connectivity index (χ3v) is 4.46. The molecule has 2 aromatic rings. The van der Waals surface area contributed by atoms with E-state index in [9.17, 15) is 9.90 Å². The van der Waals surface area contributed by atoms with Crippen LogP contribution in [0.1, 0.15) is 13.8 Å². The molecule has 4 rings (SSSR count). The summed E-state index contributed by atoms with van der Waals surface area (Å²) in [6, 6.07) is 0. The molecule has 0 spiro atoms. The average molecular weight is 404 g/mol. The Kier molecular flexibility index (Phi) is 4.29. The van der Waals surface area contributed by atoms with Crippen molar-refractivity contribution in [2.24, 2.45) is 0 Å². The number of halogens is 2. The van der Waals surface area contributed by atoms with Gasteiger partial charge in [0.1, 0.15) is 23.8 Å². The fourth-order valence-corrected chi connectivity index (χ4v) is 3.49. The van der Waals surface area contributed by atoms with E-state index in [-0.39, 0.29) is 34.0 Å². The fourth-order valence-electron chi connectivity index (χ4n) is 3.15. The minimum atomic E-state index is -0.823. The van der Waals surface area contributed by atoms with E-state index in [1.165, 1.54) is 0 Å². The molecule has 4 heterocycles. The summed E-state index contributed by atoms with van der Waals surface area (Å²) in [5.41, 5.74) is -0.435. The lowest BCUT2D eigenvalue weighted by Gasteiger charge is -2.24. The summed E-state index contributed by atoms with van der Waals surface area (Å²) in [7, 11) is 0. The van der Waals surface area contributed by atoms with Gasteiger partial charge in [0.2, 0.25) is 10.6 Å². The lowest BCUT2D eigenvalue weighted by molar-refractivity contribution is -0.187. The number of aromatic amines is 1. The summed E-state index contributed by atoms with van der Waals surface area (Å²) >= 11 is 11.8. The summed E-state index contributed by atoms with van der Waals surface area (Å²) in [6.45, 7) is 3.30. The first-order chi connectivity index (χ1) is 12.3. The average Bonchev–Trinajstić information content (AvgIpc) is 3.02. The Morgan fingerprint density at radius 1 is 1.19 bits per heavy atom. The predicted molar refractivity (Wildman–Crippen MR) is 91.2 cm³/mol. The Morgan fingerprint density at radius 3 is 2.65 bits per heavy atom. The maximum atomic E-state index is 12.0. The Hall–Kier alpha value is -1.56. The largest absolute Gasteiger partial charge is 0.394 e. The quantitative estimate of drug-likeness (QED) is 0.632. The molecule has 2 aliphatic heterocycles. The SMILES string of the molecule is CC1(C)O[C@@H]2[C@H](O1)[C@@H](CO)O[C@H]2Nc1nc(Cl)nc2c(=O)[nH]c(Cl)nc12. The molecule has 0 unspecified atom stereocenters. The molecule has 0 amide bonds. The number of nitrogens with one attached hydrogen (secondary N) is 2. The van der Waals surface area contributed by atoms with E-state index in [4.69, 9.17) is 37.4 Å². The van der Waals surface area contributed by atoms with Crippen LogP contribution in [0, 0.1) is 0 Å². The van der Waals surface area contributed by atoms with Crippen molar-refractivity contribution in [2.75, 3.05) is 11.9 Å². The van der Waals surface area contributed by atoms with Crippen LogP contribution in [0.4, 0.5) is 5.82 Å². The van der Waals surface area contributed by atoms with E-state index in [1.807, 2.05) is 0 Å². The van der Waals surface area contributed by atoms with Gasteiger partial charge in [-0.2, -0.15) is 4.98 Å². The van der Waals surface area contributed by atoms with Crippen LogP contribution in [0.5, 0.6) is 0 Å². The smallest absolute Gasteiger partial charge is 0.278 e. The Balaban J connectivity index is 1.72. The number of aliphatic hydroxyl groups is 1. The van der Waals surface area contributed by atoms with Gasteiger partial charge in [0.05, 0.1) is 6.61 Å². The molecule has 12 heteroatoms. The van der Waals surface area contributed by atoms with Gasteiger partial charge in [0, 0.05) is 0 Å². The highest BCUT2D eigenvalue weighted by Crippen LogP contribution is 2.39. The second kappa shape index (κ2) is 6.25. The molecular weight excluding hydrogens is 389 g/mol. The predicted octanol–water partition coefficient (Wildman–Crippen LogP) is 0.669. The molecule has 0 radical (unpaired) electrons. The highest BCUT2D eigenvalue weighted by molar-refractivity contribution is 6.29. The van der Waals surface area contributed by atoms with Crippen molar-refractivity contribution in [3.63, 3.8) is 0 Å². The van der Waals surface area contributed by atoms with Crippen LogP contribution in [0.15, 0.2) is 4.79 Å². The minimum Gasteiger partial charge on any atom is -0.394 e. The van der Waals surface area contributed by atoms with Crippen LogP contribution in [0.25, 0.3) is 11.0 Å². The van der Waals surface area contributed by atoms with E-state index in [1.54, 1.807) is 13.8 Å². The lowest BCUT2D eigenvalue weighted by atomic mass is 10.1. The van der Waals surface area contributed by atoms with Crippen LogP contribution in [-0.4, -0.2) is 62.0 Å². The van der Waals surface area contributed by atoms with Crippen molar-refractivity contribution in [1.82, 2.24) is 19.9 Å². The molecule has 10 nitrogen and oxygen atoms in total. The zero-order chi connectivity index (χ0) is 18.6. The summed E-state index contributed by atoms with van der Waals surface area (Å²) in [6.07, 6.45) is -2.27. The van der Waals surface area contributed by atoms with Gasteiger partial charge in [-0.1, -0.05) is 0 Å². The first-order valence-electron chi connectivity index (χ1n) is 7.79. The summed E-state index contributed by atoms with van der Waals surface area (Å²) in [4.78, 5) is 26.4. The molecule has 0 aliphatic carbocycles. The molecule has 2 fully saturated rings. The van der Waals surface area contributed by atoms with Crippen LogP contribution >= 0.6 is 23.2 Å². The Labute approximate surface area is 156 Å². The topological polar surface area (TPSA) is 131 Å². The Morgan fingerprint density at radius 2 is 1.92 bits per heavy atom. The van der Waals surface area contributed by atoms with Crippen molar-refractivity contribution in [3.8, 4) is 0 Å². The van der Waals surface area contributed by atoms with E-state index >= 15 is 0 Å². The normalized spacial score (nSPS) is 29.9. The van der Waals surface area contributed by atoms with Gasteiger partial charge >= 0.3 is 0 Å². The number of fused-ring (bicyclic) bond motifs is 2. The van der Waals surface area contributed by atoms with E-state index < -0.39 is 35.9 Å². The number of rotatable bonds is 3. The number of aliphatic hydroxyl groups excluding tert-OH is 1. The zero-order valence-electron chi connectivity index (χ0n) is 13.7. The standard InChI is InChI=1S/C14H15Cl2N5O5/c1-14(2)25-7-4(3-22)24-11(8(7)26-14)19-9-5-6(18-12(15)20-9)10(23)21-13(16)17-5/h4,7-8,11,22H,3H2,1-2H3,(H,17,21,23)(H,18,19,20)/t4-,7-,8-,11-/m1/s1. The highest BCUT2D eigenvalue weighted by atomic mass is 35.5. The van der Waals surface area contributed by atoms with Gasteiger partial charge in [-0.15, -0.1) is 0 Å². The summed E-state index contributed by atoms with van der Waals surface area (Å²) < 4.78 is 17.4. The third kappa shape index (κ3) is 3.02. The van der Waals surface area contributed by atoms with E-state index in [0.29, 0.717) is 0 Å². The number of hydrogen-bond acceptors (Lipinski definition) is 9. The van der Waals surface area contributed by atoms with Crippen LogP contribution in [-0.2, 0) is 14.2 Å². The van der Waals surface area contributed by atoms with Gasteiger partial charge in [0.25, 0.3) is 5.56 Å². The van der Waals surface area contributed by atoms with Gasteiger partial charge in [-0.05, 0) is 37.0 Å². The first kappa shape index (κ1) is 17.8. The van der Waals surface area contributed by atoms with Gasteiger partial charge < -0.3 is 24.6 Å². The van der Waals surface area contributed by atoms with Crippen molar-refractivity contribution < 1.29 is 19.3 Å². The summed E-state index contributed by atoms with van der Waals surface area (Å²) in [5.74, 6) is -0.667. The second-order valence-electron chi connectivity index (χ2n) is 6.38.